The van der Waals surface area contributed by atoms with E-state index in [1.54, 1.807) is 10.7 Å². The minimum Gasteiger partial charge on any atom is -0.312 e. The van der Waals surface area contributed by atoms with Gasteiger partial charge in [0, 0.05) is 25.6 Å². The van der Waals surface area contributed by atoms with Crippen LogP contribution in [0.3, 0.4) is 0 Å². The van der Waals surface area contributed by atoms with Crippen molar-refractivity contribution >= 4 is 0 Å². The fourth-order valence-corrected chi connectivity index (χ4v) is 2.34. The van der Waals surface area contributed by atoms with Gasteiger partial charge in [-0.3, -0.25) is 4.79 Å². The lowest BCUT2D eigenvalue weighted by Gasteiger charge is -2.17. The number of hydrogen-bond donors (Lipinski definition) is 1. The molecule has 0 bridgehead atoms. The first-order valence-electron chi connectivity index (χ1n) is 6.58. The summed E-state index contributed by atoms with van der Waals surface area (Å²) in [5.41, 5.74) is 4.39. The number of rotatable bonds is 2. The first-order chi connectivity index (χ1) is 9.22. The second-order valence-electron chi connectivity index (χ2n) is 5.02. The molecule has 1 aliphatic heterocycles. The van der Waals surface area contributed by atoms with Gasteiger partial charge in [0.25, 0.3) is 5.56 Å². The average molecular weight is 255 g/mol. The predicted octanol–water partition coefficient (Wildman–Crippen LogP) is 1.25. The van der Waals surface area contributed by atoms with Gasteiger partial charge >= 0.3 is 0 Å². The average Bonchev–Trinajstić information content (AvgIpc) is 2.42. The van der Waals surface area contributed by atoms with Crippen molar-refractivity contribution in [2.75, 3.05) is 6.54 Å². The van der Waals surface area contributed by atoms with E-state index in [1.165, 1.54) is 5.56 Å². The van der Waals surface area contributed by atoms with Crippen LogP contribution in [0.15, 0.2) is 35.1 Å². The summed E-state index contributed by atoms with van der Waals surface area (Å²) in [6.07, 6.45) is 0.892. The van der Waals surface area contributed by atoms with E-state index in [1.807, 2.05) is 12.1 Å². The van der Waals surface area contributed by atoms with Gasteiger partial charge in [-0.2, -0.15) is 5.10 Å². The Bertz CT molecular complexity index is 643. The van der Waals surface area contributed by atoms with Gasteiger partial charge in [0.2, 0.25) is 0 Å². The summed E-state index contributed by atoms with van der Waals surface area (Å²) >= 11 is 0. The third-order valence-electron chi connectivity index (χ3n) is 3.47. The molecule has 0 radical (unpaired) electrons. The molecule has 1 N–H and O–H groups in total. The van der Waals surface area contributed by atoms with Crippen LogP contribution in [0.5, 0.6) is 0 Å². The van der Waals surface area contributed by atoms with Crippen LogP contribution in [0.4, 0.5) is 0 Å². The molecular formula is C15H17N3O. The molecule has 1 aromatic carbocycles. The van der Waals surface area contributed by atoms with E-state index in [0.29, 0.717) is 6.54 Å². The molecule has 0 spiro atoms. The van der Waals surface area contributed by atoms with Crippen LogP contribution in [0, 0.1) is 6.92 Å². The minimum absolute atomic E-state index is 0.0250. The highest BCUT2D eigenvalue weighted by atomic mass is 16.1. The molecular weight excluding hydrogens is 238 g/mol. The SMILES string of the molecule is Cc1ccc(Cn2nc3c(cc2=O)CNCC3)cc1. The van der Waals surface area contributed by atoms with Crippen molar-refractivity contribution in [1.29, 1.82) is 0 Å². The molecule has 2 aromatic rings. The largest absolute Gasteiger partial charge is 0.312 e. The van der Waals surface area contributed by atoms with Crippen LogP contribution in [0.25, 0.3) is 0 Å². The standard InChI is InChI=1S/C15H17N3O/c1-11-2-4-12(5-3-11)10-18-15(19)8-13-9-16-7-6-14(13)17-18/h2-5,8,16H,6-7,9-10H2,1H3. The number of nitrogens with zero attached hydrogens (tertiary/aromatic N) is 2. The van der Waals surface area contributed by atoms with Crippen LogP contribution in [0.2, 0.25) is 0 Å². The molecule has 0 atom stereocenters. The van der Waals surface area contributed by atoms with Gasteiger partial charge in [0.05, 0.1) is 12.2 Å². The molecule has 0 amide bonds. The van der Waals surface area contributed by atoms with Crippen molar-refractivity contribution < 1.29 is 0 Å². The van der Waals surface area contributed by atoms with Gasteiger partial charge < -0.3 is 5.32 Å². The Balaban J connectivity index is 1.92. The van der Waals surface area contributed by atoms with E-state index in [0.717, 1.165) is 36.3 Å². The van der Waals surface area contributed by atoms with E-state index in [-0.39, 0.29) is 5.56 Å². The Morgan fingerprint density at radius 2 is 2.11 bits per heavy atom. The van der Waals surface area contributed by atoms with E-state index in [4.69, 9.17) is 0 Å². The molecule has 0 saturated carbocycles. The van der Waals surface area contributed by atoms with E-state index in [9.17, 15) is 4.79 Å². The molecule has 0 fully saturated rings. The quantitative estimate of drug-likeness (QED) is 0.878. The molecule has 1 aromatic heterocycles. The first kappa shape index (κ1) is 12.1. The summed E-state index contributed by atoms with van der Waals surface area (Å²) in [4.78, 5) is 12.0. The number of fused-ring (bicyclic) bond motifs is 1. The number of aryl methyl sites for hydroxylation is 1. The number of benzene rings is 1. The molecule has 98 valence electrons. The van der Waals surface area contributed by atoms with Gasteiger partial charge in [0.15, 0.2) is 0 Å². The number of aromatic nitrogens is 2. The summed E-state index contributed by atoms with van der Waals surface area (Å²) in [6.45, 7) is 4.28. The topological polar surface area (TPSA) is 46.9 Å². The van der Waals surface area contributed by atoms with Crippen molar-refractivity contribution in [2.24, 2.45) is 0 Å². The summed E-state index contributed by atoms with van der Waals surface area (Å²) in [5, 5.41) is 7.75. The summed E-state index contributed by atoms with van der Waals surface area (Å²) in [6, 6.07) is 9.92. The monoisotopic (exact) mass is 255 g/mol. The van der Waals surface area contributed by atoms with Crippen LogP contribution in [0.1, 0.15) is 22.4 Å². The Kier molecular flexibility index (Phi) is 3.17. The molecule has 1 aliphatic rings. The Hall–Kier alpha value is -1.94. The fraction of sp³-hybridized carbons (Fsp3) is 0.333. The highest BCUT2D eigenvalue weighted by Gasteiger charge is 2.12. The van der Waals surface area contributed by atoms with Gasteiger partial charge in [-0.15, -0.1) is 0 Å². The second kappa shape index (κ2) is 4.97. The lowest BCUT2D eigenvalue weighted by molar-refractivity contribution is 0.562. The van der Waals surface area contributed by atoms with Crippen molar-refractivity contribution in [1.82, 2.24) is 15.1 Å². The van der Waals surface area contributed by atoms with Gasteiger partial charge in [0.1, 0.15) is 0 Å². The van der Waals surface area contributed by atoms with E-state index in [2.05, 4.69) is 29.5 Å². The molecule has 0 unspecified atom stereocenters. The van der Waals surface area contributed by atoms with Crippen LogP contribution in [-0.2, 0) is 19.5 Å². The smallest absolute Gasteiger partial charge is 0.267 e. The summed E-state index contributed by atoms with van der Waals surface area (Å²) in [5.74, 6) is 0. The van der Waals surface area contributed by atoms with Crippen LogP contribution < -0.4 is 10.9 Å². The zero-order valence-electron chi connectivity index (χ0n) is 11.0. The molecule has 3 rings (SSSR count). The maximum atomic E-state index is 12.0. The highest BCUT2D eigenvalue weighted by molar-refractivity contribution is 5.23. The lowest BCUT2D eigenvalue weighted by atomic mass is 10.1. The zero-order valence-corrected chi connectivity index (χ0v) is 11.0. The van der Waals surface area contributed by atoms with E-state index >= 15 is 0 Å². The maximum absolute atomic E-state index is 12.0. The minimum atomic E-state index is -0.0250. The lowest BCUT2D eigenvalue weighted by Crippen LogP contribution is -2.31. The highest BCUT2D eigenvalue weighted by Crippen LogP contribution is 2.09. The van der Waals surface area contributed by atoms with Gasteiger partial charge in [-0.05, 0) is 18.1 Å². The second-order valence-corrected chi connectivity index (χ2v) is 5.02. The molecule has 0 saturated heterocycles. The van der Waals surface area contributed by atoms with Gasteiger partial charge in [-0.1, -0.05) is 29.8 Å². The van der Waals surface area contributed by atoms with E-state index < -0.39 is 0 Å². The zero-order chi connectivity index (χ0) is 13.2. The molecule has 0 aliphatic carbocycles. The Morgan fingerprint density at radius 3 is 2.89 bits per heavy atom. The molecule has 2 heterocycles. The Labute approximate surface area is 112 Å². The molecule has 4 heteroatoms. The summed E-state index contributed by atoms with van der Waals surface area (Å²) in [7, 11) is 0. The molecule has 19 heavy (non-hydrogen) atoms. The maximum Gasteiger partial charge on any atom is 0.267 e. The fourth-order valence-electron chi connectivity index (χ4n) is 2.34. The predicted molar refractivity (Wildman–Crippen MR) is 74.2 cm³/mol. The third-order valence-corrected chi connectivity index (χ3v) is 3.47. The summed E-state index contributed by atoms with van der Waals surface area (Å²) < 4.78 is 1.56. The van der Waals surface area contributed by atoms with Crippen molar-refractivity contribution in [3.63, 3.8) is 0 Å². The van der Waals surface area contributed by atoms with Crippen LogP contribution >= 0.6 is 0 Å². The number of nitrogens with one attached hydrogen (secondary N) is 1. The first-order valence-corrected chi connectivity index (χ1v) is 6.58. The van der Waals surface area contributed by atoms with Crippen LogP contribution in [-0.4, -0.2) is 16.3 Å². The Morgan fingerprint density at radius 1 is 1.32 bits per heavy atom. The molecule has 4 nitrogen and oxygen atoms in total. The number of hydrogen-bond acceptors (Lipinski definition) is 3. The third kappa shape index (κ3) is 2.58. The van der Waals surface area contributed by atoms with Crippen molar-refractivity contribution in [2.45, 2.75) is 26.4 Å². The van der Waals surface area contributed by atoms with Crippen molar-refractivity contribution in [3.05, 3.63) is 63.1 Å². The van der Waals surface area contributed by atoms with Crippen molar-refractivity contribution in [3.8, 4) is 0 Å². The normalized spacial score (nSPS) is 14.2. The van der Waals surface area contributed by atoms with Gasteiger partial charge in [-0.25, -0.2) is 4.68 Å².